The summed E-state index contributed by atoms with van der Waals surface area (Å²) in [6.45, 7) is 0. The van der Waals surface area contributed by atoms with Gasteiger partial charge >= 0.3 is 12.1 Å². The summed E-state index contributed by atoms with van der Waals surface area (Å²) in [5, 5.41) is 8.91. The molecule has 0 spiro atoms. The Bertz CT molecular complexity index is 905. The summed E-state index contributed by atoms with van der Waals surface area (Å²) >= 11 is 0. The fourth-order valence-corrected chi connectivity index (χ4v) is 2.29. The molecule has 0 saturated heterocycles. The molecule has 0 aliphatic rings. The minimum atomic E-state index is -4.39. The molecule has 1 N–H and O–H groups in total. The lowest BCUT2D eigenvalue weighted by atomic mass is 10.0. The number of hydrogen-bond donors (Lipinski definition) is 1. The van der Waals surface area contributed by atoms with Gasteiger partial charge in [0.15, 0.2) is 0 Å². The number of carboxylic acids is 1. The second kappa shape index (κ2) is 6.35. The molecule has 25 heavy (non-hydrogen) atoms. The van der Waals surface area contributed by atoms with E-state index in [1.54, 1.807) is 18.2 Å². The molecule has 2 aromatic carbocycles. The van der Waals surface area contributed by atoms with Gasteiger partial charge in [-0.05, 0) is 30.3 Å². The molecule has 0 aliphatic heterocycles. The summed E-state index contributed by atoms with van der Waals surface area (Å²) in [5.74, 6) is -1.03. The fraction of sp³-hybridized carbons (Fsp3) is 0.0556. The van der Waals surface area contributed by atoms with E-state index in [4.69, 9.17) is 5.11 Å². The van der Waals surface area contributed by atoms with Gasteiger partial charge in [-0.2, -0.15) is 13.2 Å². The van der Waals surface area contributed by atoms with Crippen LogP contribution in [0.25, 0.3) is 22.5 Å². The summed E-state index contributed by atoms with van der Waals surface area (Å²) in [5.41, 5.74) is 1.65. The van der Waals surface area contributed by atoms with E-state index in [2.05, 4.69) is 9.97 Å². The Labute approximate surface area is 140 Å². The zero-order valence-corrected chi connectivity index (χ0v) is 12.7. The van der Waals surface area contributed by atoms with Crippen molar-refractivity contribution in [1.29, 1.82) is 0 Å². The van der Waals surface area contributed by atoms with Gasteiger partial charge in [0.05, 0.1) is 22.5 Å². The second-order valence-electron chi connectivity index (χ2n) is 5.25. The zero-order valence-electron chi connectivity index (χ0n) is 12.7. The highest BCUT2D eigenvalue weighted by Crippen LogP contribution is 2.31. The molecule has 7 heteroatoms. The SMILES string of the molecule is O=C(O)c1ccc(-c2cc(-c3ccc(C(F)(F)F)cc3)ncn2)cc1. The Morgan fingerprint density at radius 1 is 0.840 bits per heavy atom. The number of nitrogens with zero attached hydrogens (tertiary/aromatic N) is 2. The van der Waals surface area contributed by atoms with Gasteiger partial charge in [0.25, 0.3) is 0 Å². The molecule has 126 valence electrons. The van der Waals surface area contributed by atoms with Crippen LogP contribution >= 0.6 is 0 Å². The maximum atomic E-state index is 12.6. The summed E-state index contributed by atoms with van der Waals surface area (Å²) in [6.07, 6.45) is -3.07. The fourth-order valence-electron chi connectivity index (χ4n) is 2.29. The van der Waals surface area contributed by atoms with Crippen molar-refractivity contribution >= 4 is 5.97 Å². The molecule has 0 fully saturated rings. The average Bonchev–Trinajstić information content (AvgIpc) is 2.61. The first-order valence-corrected chi connectivity index (χ1v) is 7.18. The lowest BCUT2D eigenvalue weighted by Gasteiger charge is -2.08. The van der Waals surface area contributed by atoms with Crippen LogP contribution in [0.2, 0.25) is 0 Å². The number of carboxylic acid groups (broad SMARTS) is 1. The van der Waals surface area contributed by atoms with Crippen molar-refractivity contribution in [3.05, 3.63) is 72.1 Å². The van der Waals surface area contributed by atoms with Gasteiger partial charge in [-0.3, -0.25) is 0 Å². The monoisotopic (exact) mass is 344 g/mol. The predicted octanol–water partition coefficient (Wildman–Crippen LogP) is 4.53. The first-order chi connectivity index (χ1) is 11.8. The van der Waals surface area contributed by atoms with Gasteiger partial charge in [0.1, 0.15) is 6.33 Å². The molecule has 0 atom stereocenters. The molecule has 0 radical (unpaired) electrons. The molecular weight excluding hydrogens is 333 g/mol. The molecule has 0 amide bonds. The number of aromatic carboxylic acids is 1. The van der Waals surface area contributed by atoms with Crippen molar-refractivity contribution in [2.75, 3.05) is 0 Å². The third-order valence-corrected chi connectivity index (χ3v) is 3.60. The van der Waals surface area contributed by atoms with Crippen LogP contribution in [-0.2, 0) is 6.18 Å². The predicted molar refractivity (Wildman–Crippen MR) is 84.9 cm³/mol. The highest BCUT2D eigenvalue weighted by Gasteiger charge is 2.30. The van der Waals surface area contributed by atoms with Crippen molar-refractivity contribution in [2.24, 2.45) is 0 Å². The number of alkyl halides is 3. The second-order valence-corrected chi connectivity index (χ2v) is 5.25. The normalized spacial score (nSPS) is 11.3. The number of rotatable bonds is 3. The standard InChI is InChI=1S/C18H11F3N2O2/c19-18(20,21)14-7-5-12(6-8-14)16-9-15(22-10-23-16)11-1-3-13(4-2-11)17(24)25/h1-10H,(H,24,25). The first kappa shape index (κ1) is 16.6. The van der Waals surface area contributed by atoms with Crippen molar-refractivity contribution in [3.8, 4) is 22.5 Å². The van der Waals surface area contributed by atoms with E-state index < -0.39 is 17.7 Å². The Morgan fingerprint density at radius 2 is 1.32 bits per heavy atom. The zero-order chi connectivity index (χ0) is 18.0. The van der Waals surface area contributed by atoms with Gasteiger partial charge < -0.3 is 5.11 Å². The Kier molecular flexibility index (Phi) is 4.22. The Hall–Kier alpha value is -3.22. The quantitative estimate of drug-likeness (QED) is 0.758. The van der Waals surface area contributed by atoms with Crippen molar-refractivity contribution in [1.82, 2.24) is 9.97 Å². The van der Waals surface area contributed by atoms with Crippen LogP contribution < -0.4 is 0 Å². The van der Waals surface area contributed by atoms with Crippen LogP contribution in [0.3, 0.4) is 0 Å². The van der Waals surface area contributed by atoms with E-state index in [1.165, 1.54) is 30.6 Å². The lowest BCUT2D eigenvalue weighted by molar-refractivity contribution is -0.137. The van der Waals surface area contributed by atoms with E-state index in [9.17, 15) is 18.0 Å². The minimum absolute atomic E-state index is 0.153. The summed E-state index contributed by atoms with van der Waals surface area (Å²) in [6, 6.07) is 12.5. The summed E-state index contributed by atoms with van der Waals surface area (Å²) < 4.78 is 37.9. The number of halogens is 3. The first-order valence-electron chi connectivity index (χ1n) is 7.18. The topological polar surface area (TPSA) is 63.1 Å². The van der Waals surface area contributed by atoms with E-state index in [-0.39, 0.29) is 5.56 Å². The van der Waals surface area contributed by atoms with Crippen LogP contribution in [0.15, 0.2) is 60.9 Å². The van der Waals surface area contributed by atoms with E-state index in [0.29, 0.717) is 22.5 Å². The van der Waals surface area contributed by atoms with Gasteiger partial charge in [-0.15, -0.1) is 0 Å². The van der Waals surface area contributed by atoms with Crippen molar-refractivity contribution in [2.45, 2.75) is 6.18 Å². The van der Waals surface area contributed by atoms with E-state index in [0.717, 1.165) is 12.1 Å². The van der Waals surface area contributed by atoms with Crippen LogP contribution in [0.5, 0.6) is 0 Å². The molecule has 0 unspecified atom stereocenters. The van der Waals surface area contributed by atoms with Gasteiger partial charge in [-0.1, -0.05) is 24.3 Å². The molecule has 4 nitrogen and oxygen atoms in total. The van der Waals surface area contributed by atoms with Crippen molar-refractivity contribution < 1.29 is 23.1 Å². The number of aromatic nitrogens is 2. The van der Waals surface area contributed by atoms with Crippen LogP contribution in [-0.4, -0.2) is 21.0 Å². The maximum absolute atomic E-state index is 12.6. The number of hydrogen-bond acceptors (Lipinski definition) is 3. The van der Waals surface area contributed by atoms with Crippen molar-refractivity contribution in [3.63, 3.8) is 0 Å². The van der Waals surface area contributed by atoms with Gasteiger partial charge in [-0.25, -0.2) is 14.8 Å². The third kappa shape index (κ3) is 3.65. The maximum Gasteiger partial charge on any atom is 0.416 e. The summed E-state index contributed by atoms with van der Waals surface area (Å²) in [7, 11) is 0. The highest BCUT2D eigenvalue weighted by molar-refractivity contribution is 5.88. The minimum Gasteiger partial charge on any atom is -0.478 e. The van der Waals surface area contributed by atoms with Gasteiger partial charge in [0, 0.05) is 11.1 Å². The largest absolute Gasteiger partial charge is 0.478 e. The molecule has 1 heterocycles. The molecule has 0 bridgehead atoms. The molecule has 3 rings (SSSR count). The van der Waals surface area contributed by atoms with Crippen LogP contribution in [0, 0.1) is 0 Å². The van der Waals surface area contributed by atoms with Crippen LogP contribution in [0.4, 0.5) is 13.2 Å². The highest BCUT2D eigenvalue weighted by atomic mass is 19.4. The molecule has 0 saturated carbocycles. The summed E-state index contributed by atoms with van der Waals surface area (Å²) in [4.78, 5) is 19.1. The van der Waals surface area contributed by atoms with E-state index in [1.807, 2.05) is 0 Å². The van der Waals surface area contributed by atoms with Crippen LogP contribution in [0.1, 0.15) is 15.9 Å². The smallest absolute Gasteiger partial charge is 0.416 e. The number of benzene rings is 2. The average molecular weight is 344 g/mol. The van der Waals surface area contributed by atoms with E-state index >= 15 is 0 Å². The Balaban J connectivity index is 1.92. The van der Waals surface area contributed by atoms with Gasteiger partial charge in [0.2, 0.25) is 0 Å². The molecular formula is C18H11F3N2O2. The molecule has 3 aromatic rings. The lowest BCUT2D eigenvalue weighted by Crippen LogP contribution is -2.04. The molecule has 1 aromatic heterocycles. The third-order valence-electron chi connectivity index (χ3n) is 3.60. The Morgan fingerprint density at radius 3 is 1.76 bits per heavy atom. The molecule has 0 aliphatic carbocycles. The number of carbonyl (C=O) groups is 1.